The predicted octanol–water partition coefficient (Wildman–Crippen LogP) is 2.72. The highest BCUT2D eigenvalue weighted by Gasteiger charge is 2.25. The molecule has 17 heavy (non-hydrogen) atoms. The van der Waals surface area contributed by atoms with Gasteiger partial charge in [0.05, 0.1) is 20.3 Å². The van der Waals surface area contributed by atoms with Gasteiger partial charge in [0.15, 0.2) is 11.5 Å². The molecule has 0 aromatic heterocycles. The zero-order chi connectivity index (χ0) is 12.3. The number of methoxy groups -OCH3 is 2. The van der Waals surface area contributed by atoms with Crippen molar-refractivity contribution in [2.45, 2.75) is 37.7 Å². The van der Waals surface area contributed by atoms with Gasteiger partial charge in [-0.2, -0.15) is 0 Å². The fourth-order valence-corrected chi connectivity index (χ4v) is 2.58. The van der Waals surface area contributed by atoms with E-state index in [4.69, 9.17) is 9.47 Å². The monoisotopic (exact) mass is 236 g/mol. The van der Waals surface area contributed by atoms with Gasteiger partial charge in [-0.3, -0.25) is 0 Å². The zero-order valence-electron chi connectivity index (χ0n) is 10.5. The van der Waals surface area contributed by atoms with E-state index in [1.54, 1.807) is 14.2 Å². The lowest BCUT2D eigenvalue weighted by molar-refractivity contribution is 0.106. The van der Waals surface area contributed by atoms with Gasteiger partial charge >= 0.3 is 0 Å². The lowest BCUT2D eigenvalue weighted by atomic mass is 9.82. The number of hydrogen-bond acceptors (Lipinski definition) is 3. The molecule has 2 rings (SSSR count). The summed E-state index contributed by atoms with van der Waals surface area (Å²) in [7, 11) is 3.27. The molecule has 1 aliphatic rings. The summed E-state index contributed by atoms with van der Waals surface area (Å²) in [5.41, 5.74) is 1.15. The van der Waals surface area contributed by atoms with E-state index in [0.29, 0.717) is 0 Å². The Hall–Kier alpha value is -1.22. The quantitative estimate of drug-likeness (QED) is 0.877. The molecule has 0 radical (unpaired) electrons. The second-order valence-electron chi connectivity index (χ2n) is 4.57. The molecule has 1 aromatic carbocycles. The molecule has 0 spiro atoms. The van der Waals surface area contributed by atoms with Gasteiger partial charge in [0.1, 0.15) is 0 Å². The van der Waals surface area contributed by atoms with Gasteiger partial charge in [-0.15, -0.1) is 0 Å². The second-order valence-corrected chi connectivity index (χ2v) is 4.57. The van der Waals surface area contributed by atoms with Crippen molar-refractivity contribution in [2.75, 3.05) is 14.2 Å². The topological polar surface area (TPSA) is 38.7 Å². The summed E-state index contributed by atoms with van der Waals surface area (Å²) >= 11 is 0. The van der Waals surface area contributed by atoms with Crippen molar-refractivity contribution in [3.63, 3.8) is 0 Å². The Morgan fingerprint density at radius 1 is 1.06 bits per heavy atom. The Labute approximate surface area is 102 Å². The minimum absolute atomic E-state index is 0.221. The van der Waals surface area contributed by atoms with Crippen LogP contribution in [0.3, 0.4) is 0 Å². The van der Waals surface area contributed by atoms with E-state index in [1.165, 1.54) is 6.42 Å². The van der Waals surface area contributed by atoms with Crippen LogP contribution in [0.1, 0.15) is 37.2 Å². The fourth-order valence-electron chi connectivity index (χ4n) is 2.58. The first-order valence-electron chi connectivity index (χ1n) is 6.16. The molecule has 1 saturated carbocycles. The summed E-state index contributed by atoms with van der Waals surface area (Å²) in [4.78, 5) is 0. The molecule has 0 saturated heterocycles. The molecule has 1 aromatic rings. The molecule has 0 heterocycles. The molecule has 0 unspecified atom stereocenters. The molecule has 1 N–H and O–H groups in total. The summed E-state index contributed by atoms with van der Waals surface area (Å²) in [5, 5.41) is 10.0. The van der Waals surface area contributed by atoms with E-state index in [0.717, 1.165) is 36.3 Å². The SMILES string of the molecule is COc1ccc([C@H]2CCCC[C@H]2O)cc1OC. The van der Waals surface area contributed by atoms with E-state index in [1.807, 2.05) is 18.2 Å². The molecule has 0 aliphatic heterocycles. The lowest BCUT2D eigenvalue weighted by Crippen LogP contribution is -2.22. The van der Waals surface area contributed by atoms with Crippen LogP contribution >= 0.6 is 0 Å². The lowest BCUT2D eigenvalue weighted by Gasteiger charge is -2.28. The highest BCUT2D eigenvalue weighted by molar-refractivity contribution is 5.44. The van der Waals surface area contributed by atoms with Crippen LogP contribution < -0.4 is 9.47 Å². The van der Waals surface area contributed by atoms with Gasteiger partial charge in [0, 0.05) is 5.92 Å². The number of hydrogen-bond donors (Lipinski definition) is 1. The summed E-state index contributed by atoms with van der Waals surface area (Å²) in [5.74, 6) is 1.72. The smallest absolute Gasteiger partial charge is 0.160 e. The Kier molecular flexibility index (Phi) is 3.89. The first-order valence-corrected chi connectivity index (χ1v) is 6.16. The van der Waals surface area contributed by atoms with Gasteiger partial charge in [-0.05, 0) is 30.5 Å². The predicted molar refractivity (Wildman–Crippen MR) is 66.8 cm³/mol. The fraction of sp³-hybridized carbons (Fsp3) is 0.571. The normalized spacial score (nSPS) is 24.4. The van der Waals surface area contributed by atoms with E-state index in [9.17, 15) is 5.11 Å². The molecular weight excluding hydrogens is 216 g/mol. The van der Waals surface area contributed by atoms with Gasteiger partial charge in [0.2, 0.25) is 0 Å². The van der Waals surface area contributed by atoms with Gasteiger partial charge < -0.3 is 14.6 Å². The van der Waals surface area contributed by atoms with E-state index >= 15 is 0 Å². The van der Waals surface area contributed by atoms with Crippen molar-refractivity contribution >= 4 is 0 Å². The van der Waals surface area contributed by atoms with Crippen molar-refractivity contribution in [3.05, 3.63) is 23.8 Å². The molecule has 3 heteroatoms. The second kappa shape index (κ2) is 5.41. The van der Waals surface area contributed by atoms with Crippen molar-refractivity contribution < 1.29 is 14.6 Å². The number of rotatable bonds is 3. The third-order valence-corrected chi connectivity index (χ3v) is 3.57. The van der Waals surface area contributed by atoms with Crippen LogP contribution in [0, 0.1) is 0 Å². The number of ether oxygens (including phenoxy) is 2. The first kappa shape index (κ1) is 12.2. The molecule has 0 bridgehead atoms. The van der Waals surface area contributed by atoms with E-state index in [-0.39, 0.29) is 12.0 Å². The Morgan fingerprint density at radius 2 is 1.76 bits per heavy atom. The zero-order valence-corrected chi connectivity index (χ0v) is 10.5. The van der Waals surface area contributed by atoms with E-state index < -0.39 is 0 Å². The van der Waals surface area contributed by atoms with Gasteiger partial charge in [0.25, 0.3) is 0 Å². The van der Waals surface area contributed by atoms with Crippen molar-refractivity contribution in [1.82, 2.24) is 0 Å². The van der Waals surface area contributed by atoms with Gasteiger partial charge in [-0.1, -0.05) is 18.9 Å². The van der Waals surface area contributed by atoms with Crippen LogP contribution in [0.15, 0.2) is 18.2 Å². The van der Waals surface area contributed by atoms with E-state index in [2.05, 4.69) is 0 Å². The largest absolute Gasteiger partial charge is 0.493 e. The van der Waals surface area contributed by atoms with Crippen molar-refractivity contribution in [1.29, 1.82) is 0 Å². The standard InChI is InChI=1S/C14H20O3/c1-16-13-8-7-10(9-14(13)17-2)11-5-3-4-6-12(11)15/h7-9,11-12,15H,3-6H2,1-2H3/t11-,12-/m1/s1. The van der Waals surface area contributed by atoms with Crippen LogP contribution in [0.25, 0.3) is 0 Å². The highest BCUT2D eigenvalue weighted by Crippen LogP contribution is 2.37. The van der Waals surface area contributed by atoms with Crippen molar-refractivity contribution in [3.8, 4) is 11.5 Å². The minimum atomic E-state index is -0.221. The Balaban J connectivity index is 2.25. The molecule has 3 nitrogen and oxygen atoms in total. The molecule has 1 aliphatic carbocycles. The molecule has 0 amide bonds. The van der Waals surface area contributed by atoms with Gasteiger partial charge in [-0.25, -0.2) is 0 Å². The summed E-state index contributed by atoms with van der Waals surface area (Å²) < 4.78 is 10.5. The van der Waals surface area contributed by atoms with Crippen LogP contribution in [0.4, 0.5) is 0 Å². The molecule has 1 fully saturated rings. The minimum Gasteiger partial charge on any atom is -0.493 e. The highest BCUT2D eigenvalue weighted by atomic mass is 16.5. The molecule has 94 valence electrons. The third kappa shape index (κ3) is 2.55. The third-order valence-electron chi connectivity index (χ3n) is 3.57. The number of aliphatic hydroxyl groups excluding tert-OH is 1. The maximum Gasteiger partial charge on any atom is 0.160 e. The van der Waals surface area contributed by atoms with Crippen LogP contribution in [-0.2, 0) is 0 Å². The first-order chi connectivity index (χ1) is 8.26. The van der Waals surface area contributed by atoms with Crippen molar-refractivity contribution in [2.24, 2.45) is 0 Å². The Bertz CT molecular complexity index is 376. The number of benzene rings is 1. The Morgan fingerprint density at radius 3 is 2.41 bits per heavy atom. The average molecular weight is 236 g/mol. The molecule has 2 atom stereocenters. The van der Waals surface area contributed by atoms with Crippen LogP contribution in [0.5, 0.6) is 11.5 Å². The maximum atomic E-state index is 10.0. The number of aliphatic hydroxyl groups is 1. The summed E-state index contributed by atoms with van der Waals surface area (Å²) in [6.45, 7) is 0. The average Bonchev–Trinajstić information content (AvgIpc) is 2.38. The summed E-state index contributed by atoms with van der Waals surface area (Å²) in [6, 6.07) is 5.92. The molecular formula is C14H20O3. The maximum absolute atomic E-state index is 10.0. The summed E-state index contributed by atoms with van der Waals surface area (Å²) in [6.07, 6.45) is 4.05. The van der Waals surface area contributed by atoms with Crippen LogP contribution in [-0.4, -0.2) is 25.4 Å². The van der Waals surface area contributed by atoms with Crippen LogP contribution in [0.2, 0.25) is 0 Å².